The molecule has 2 aliphatic rings. The summed E-state index contributed by atoms with van der Waals surface area (Å²) in [5.74, 6) is -2.07. The average molecular weight is 480 g/mol. The van der Waals surface area contributed by atoms with E-state index in [4.69, 9.17) is 4.74 Å². The van der Waals surface area contributed by atoms with E-state index < -0.39 is 30.1 Å². The van der Waals surface area contributed by atoms with Crippen LogP contribution < -0.4 is 5.32 Å². The van der Waals surface area contributed by atoms with Crippen molar-refractivity contribution in [2.45, 2.75) is 37.8 Å². The number of carboxylic acids is 1. The van der Waals surface area contributed by atoms with E-state index in [1.54, 1.807) is 0 Å². The Morgan fingerprint density at radius 2 is 1.69 bits per heavy atom. The van der Waals surface area contributed by atoms with Crippen LogP contribution in [0.5, 0.6) is 0 Å². The van der Waals surface area contributed by atoms with E-state index in [9.17, 15) is 24.3 Å². The van der Waals surface area contributed by atoms with Crippen LogP contribution in [0, 0.1) is 0 Å². The van der Waals surface area contributed by atoms with Crippen LogP contribution in [0.1, 0.15) is 36.8 Å². The molecule has 9 nitrogen and oxygen atoms in total. The van der Waals surface area contributed by atoms with Gasteiger partial charge in [-0.3, -0.25) is 9.59 Å². The fourth-order valence-electron chi connectivity index (χ4n) is 4.74. The number of piperazine rings is 1. The number of hydrogen-bond acceptors (Lipinski definition) is 5. The summed E-state index contributed by atoms with van der Waals surface area (Å²) in [6, 6.07) is 14.4. The van der Waals surface area contributed by atoms with Gasteiger partial charge in [-0.1, -0.05) is 55.5 Å². The van der Waals surface area contributed by atoms with Crippen molar-refractivity contribution >= 4 is 23.9 Å². The van der Waals surface area contributed by atoms with Crippen molar-refractivity contribution < 1.29 is 29.0 Å². The van der Waals surface area contributed by atoms with Gasteiger partial charge in [-0.15, -0.1) is 0 Å². The second-order valence-electron chi connectivity index (χ2n) is 8.93. The molecule has 4 rings (SSSR count). The fraction of sp³-hybridized carbons (Fsp3) is 0.385. The number of ether oxygens (including phenoxy) is 1. The van der Waals surface area contributed by atoms with Crippen molar-refractivity contribution in [1.82, 2.24) is 15.1 Å². The Hall–Kier alpha value is -3.88. The lowest BCUT2D eigenvalue weighted by atomic mass is 9.98. The smallest absolute Gasteiger partial charge is 0.407 e. The Balaban J connectivity index is 1.37. The number of aliphatic carboxylic acids is 1. The van der Waals surface area contributed by atoms with Gasteiger partial charge in [0.05, 0.1) is 6.54 Å². The van der Waals surface area contributed by atoms with Gasteiger partial charge >= 0.3 is 12.1 Å². The first-order valence-corrected chi connectivity index (χ1v) is 11.7. The third-order valence-electron chi connectivity index (χ3n) is 6.74. The van der Waals surface area contributed by atoms with Crippen molar-refractivity contribution in [3.63, 3.8) is 0 Å². The zero-order valence-corrected chi connectivity index (χ0v) is 19.8. The minimum atomic E-state index is -1.17. The Kier molecular flexibility index (Phi) is 7.04. The van der Waals surface area contributed by atoms with E-state index in [1.807, 2.05) is 43.3 Å². The highest BCUT2D eigenvalue weighted by atomic mass is 16.5. The second kappa shape index (κ2) is 10.2. The van der Waals surface area contributed by atoms with Gasteiger partial charge in [-0.2, -0.15) is 0 Å². The van der Waals surface area contributed by atoms with Crippen LogP contribution in [0.25, 0.3) is 11.1 Å². The highest BCUT2D eigenvalue weighted by Crippen LogP contribution is 2.44. The number of carbonyl (C=O) groups excluding carboxylic acids is 3. The molecule has 2 unspecified atom stereocenters. The average Bonchev–Trinajstić information content (AvgIpc) is 3.17. The van der Waals surface area contributed by atoms with E-state index in [0.29, 0.717) is 6.42 Å². The molecule has 0 spiro atoms. The number of hydrogen-bond donors (Lipinski definition) is 2. The third-order valence-corrected chi connectivity index (χ3v) is 6.74. The number of rotatable bonds is 7. The summed E-state index contributed by atoms with van der Waals surface area (Å²) in [6.07, 6.45) is -0.327. The second-order valence-corrected chi connectivity index (χ2v) is 8.93. The van der Waals surface area contributed by atoms with E-state index in [1.165, 1.54) is 11.9 Å². The van der Waals surface area contributed by atoms with Gasteiger partial charge in [0.25, 0.3) is 0 Å². The minimum Gasteiger partial charge on any atom is -0.480 e. The standard InChI is InChI=1S/C26H29N3O6/c1-3-16(12-23(30)29-14-24(31)28(2)13-22(29)25(32)33)27-26(34)35-15-21-19-10-6-4-8-17(19)18-9-5-7-11-20(18)21/h4-11,16,21-22H,3,12-15H2,1-2H3,(H,27,34)(H,32,33). The monoisotopic (exact) mass is 479 g/mol. The molecule has 2 N–H and O–H groups in total. The topological polar surface area (TPSA) is 116 Å². The number of benzene rings is 2. The summed E-state index contributed by atoms with van der Waals surface area (Å²) < 4.78 is 5.56. The summed E-state index contributed by atoms with van der Waals surface area (Å²) in [7, 11) is 1.51. The summed E-state index contributed by atoms with van der Waals surface area (Å²) in [4.78, 5) is 51.5. The maximum absolute atomic E-state index is 12.9. The van der Waals surface area contributed by atoms with Crippen LogP contribution in [0.2, 0.25) is 0 Å². The largest absolute Gasteiger partial charge is 0.480 e. The SMILES string of the molecule is CCC(CC(=O)N1CC(=O)N(C)CC1C(=O)O)NC(=O)OCC1c2ccccc2-c2ccccc21. The number of nitrogens with one attached hydrogen (secondary N) is 1. The molecule has 2 aromatic carbocycles. The lowest BCUT2D eigenvalue weighted by Crippen LogP contribution is -2.60. The Labute approximate surface area is 203 Å². The van der Waals surface area contributed by atoms with Crippen molar-refractivity contribution in [2.24, 2.45) is 0 Å². The summed E-state index contributed by atoms with van der Waals surface area (Å²) in [5.41, 5.74) is 4.46. The molecule has 184 valence electrons. The zero-order valence-electron chi connectivity index (χ0n) is 19.8. The number of fused-ring (bicyclic) bond motifs is 3. The lowest BCUT2D eigenvalue weighted by molar-refractivity contribution is -0.159. The lowest BCUT2D eigenvalue weighted by Gasteiger charge is -2.37. The van der Waals surface area contributed by atoms with Crippen LogP contribution >= 0.6 is 0 Å². The molecule has 0 aromatic heterocycles. The molecule has 0 saturated carbocycles. The molecule has 35 heavy (non-hydrogen) atoms. The predicted octanol–water partition coefficient (Wildman–Crippen LogP) is 2.45. The molecule has 1 aliphatic heterocycles. The normalized spacial score (nSPS) is 18.0. The molecule has 1 heterocycles. The maximum atomic E-state index is 12.9. The molecule has 9 heteroatoms. The summed E-state index contributed by atoms with van der Waals surface area (Å²) in [5, 5.41) is 12.2. The van der Waals surface area contributed by atoms with Gasteiger partial charge in [-0.25, -0.2) is 9.59 Å². The van der Waals surface area contributed by atoms with Crippen molar-refractivity contribution in [3.8, 4) is 11.1 Å². The summed E-state index contributed by atoms with van der Waals surface area (Å²) >= 11 is 0. The molecule has 1 fully saturated rings. The molecule has 1 aliphatic carbocycles. The quantitative estimate of drug-likeness (QED) is 0.630. The van der Waals surface area contributed by atoms with E-state index >= 15 is 0 Å². The van der Waals surface area contributed by atoms with Crippen LogP contribution in [-0.4, -0.2) is 77.6 Å². The predicted molar refractivity (Wildman–Crippen MR) is 128 cm³/mol. The zero-order chi connectivity index (χ0) is 25.1. The number of nitrogens with zero attached hydrogens (tertiary/aromatic N) is 2. The minimum absolute atomic E-state index is 0.0729. The Morgan fingerprint density at radius 1 is 1.09 bits per heavy atom. The molecule has 1 saturated heterocycles. The van der Waals surface area contributed by atoms with Gasteiger partial charge in [0.1, 0.15) is 19.2 Å². The van der Waals surface area contributed by atoms with Crippen LogP contribution in [-0.2, 0) is 19.1 Å². The van der Waals surface area contributed by atoms with E-state index in [0.717, 1.165) is 27.2 Å². The van der Waals surface area contributed by atoms with Crippen LogP contribution in [0.3, 0.4) is 0 Å². The van der Waals surface area contributed by atoms with Gasteiger partial charge in [0.2, 0.25) is 11.8 Å². The molecular formula is C26H29N3O6. The first-order valence-electron chi connectivity index (χ1n) is 11.7. The van der Waals surface area contributed by atoms with Crippen LogP contribution in [0.15, 0.2) is 48.5 Å². The number of likely N-dealkylation sites (N-methyl/N-ethyl adjacent to an activating group) is 1. The number of carboxylic acid groups (broad SMARTS) is 1. The first kappa shape index (κ1) is 24.3. The van der Waals surface area contributed by atoms with E-state index in [-0.39, 0.29) is 37.9 Å². The Bertz CT molecular complexity index is 1100. The number of amides is 3. The van der Waals surface area contributed by atoms with Crippen molar-refractivity contribution in [1.29, 1.82) is 0 Å². The molecule has 2 aromatic rings. The first-order chi connectivity index (χ1) is 16.8. The van der Waals surface area contributed by atoms with Gasteiger partial charge in [0.15, 0.2) is 0 Å². The van der Waals surface area contributed by atoms with Crippen molar-refractivity contribution in [2.75, 3.05) is 26.7 Å². The molecular weight excluding hydrogens is 450 g/mol. The third kappa shape index (κ3) is 4.99. The summed E-state index contributed by atoms with van der Waals surface area (Å²) in [6.45, 7) is 1.59. The molecule has 0 radical (unpaired) electrons. The molecule has 0 bridgehead atoms. The van der Waals surface area contributed by atoms with Crippen molar-refractivity contribution in [3.05, 3.63) is 59.7 Å². The highest BCUT2D eigenvalue weighted by molar-refractivity contribution is 5.91. The van der Waals surface area contributed by atoms with Gasteiger partial charge < -0.3 is 25.0 Å². The maximum Gasteiger partial charge on any atom is 0.407 e. The Morgan fingerprint density at radius 3 is 2.26 bits per heavy atom. The number of alkyl carbamates (subject to hydrolysis) is 1. The van der Waals surface area contributed by atoms with E-state index in [2.05, 4.69) is 17.4 Å². The van der Waals surface area contributed by atoms with Gasteiger partial charge in [-0.05, 0) is 28.7 Å². The highest BCUT2D eigenvalue weighted by Gasteiger charge is 2.38. The number of carbonyl (C=O) groups is 4. The molecule has 2 atom stereocenters. The molecule has 3 amide bonds. The van der Waals surface area contributed by atoms with Gasteiger partial charge in [0, 0.05) is 25.4 Å². The fourth-order valence-corrected chi connectivity index (χ4v) is 4.74. The van der Waals surface area contributed by atoms with Crippen LogP contribution in [0.4, 0.5) is 4.79 Å².